The maximum absolute atomic E-state index is 12.1. The van der Waals surface area contributed by atoms with Gasteiger partial charge in [0.25, 0.3) is 0 Å². The Bertz CT molecular complexity index is 508. The zero-order valence-electron chi connectivity index (χ0n) is 12.7. The van der Waals surface area contributed by atoms with E-state index in [9.17, 15) is 4.79 Å². The Kier molecular flexibility index (Phi) is 5.33. The van der Waals surface area contributed by atoms with Crippen LogP contribution in [0, 0.1) is 12.8 Å². The summed E-state index contributed by atoms with van der Waals surface area (Å²) in [5.74, 6) is 0.676. The second-order valence-corrected chi connectivity index (χ2v) is 6.24. The molecule has 0 aliphatic heterocycles. The number of nitrogens with one attached hydrogen (secondary N) is 2. The number of halogens is 1. The summed E-state index contributed by atoms with van der Waals surface area (Å²) in [7, 11) is 0. The zero-order chi connectivity index (χ0) is 15.4. The molecule has 6 nitrogen and oxygen atoms in total. The van der Waals surface area contributed by atoms with Crippen molar-refractivity contribution >= 4 is 23.5 Å². The Morgan fingerprint density at radius 1 is 1.33 bits per heavy atom. The molecule has 1 aromatic heterocycles. The third-order valence-electron chi connectivity index (χ3n) is 3.61. The van der Waals surface area contributed by atoms with Gasteiger partial charge in [0.1, 0.15) is 0 Å². The van der Waals surface area contributed by atoms with Gasteiger partial charge < -0.3 is 10.6 Å². The predicted molar refractivity (Wildman–Crippen MR) is 82.2 cm³/mol. The standard InChI is InChI=1S/C14H22ClN5O/c1-8(2)16-13(21)10-5-4-6-11(7-10)18-14-17-9(3)12(15)19-20-14/h8,10-11H,4-7H2,1-3H3,(H,16,21)(H,17,18,20)/t10-,11-/m1/s1. The van der Waals surface area contributed by atoms with Gasteiger partial charge in [-0.15, -0.1) is 10.2 Å². The number of carbonyl (C=O) groups excluding carboxylic acids is 1. The van der Waals surface area contributed by atoms with Crippen molar-refractivity contribution in [1.29, 1.82) is 0 Å². The molecule has 1 saturated carbocycles. The summed E-state index contributed by atoms with van der Waals surface area (Å²) in [6.45, 7) is 5.75. The highest BCUT2D eigenvalue weighted by atomic mass is 35.5. The number of aryl methyl sites for hydroxylation is 1. The maximum Gasteiger partial charge on any atom is 0.243 e. The molecule has 21 heavy (non-hydrogen) atoms. The van der Waals surface area contributed by atoms with Crippen molar-refractivity contribution in [3.63, 3.8) is 0 Å². The molecule has 2 atom stereocenters. The first-order chi connectivity index (χ1) is 9.95. The first-order valence-corrected chi connectivity index (χ1v) is 7.77. The van der Waals surface area contributed by atoms with Crippen LogP contribution in [0.2, 0.25) is 5.15 Å². The maximum atomic E-state index is 12.1. The number of rotatable bonds is 4. The molecule has 1 aliphatic rings. The topological polar surface area (TPSA) is 79.8 Å². The average Bonchev–Trinajstić information content (AvgIpc) is 2.42. The highest BCUT2D eigenvalue weighted by Crippen LogP contribution is 2.26. The Balaban J connectivity index is 1.94. The highest BCUT2D eigenvalue weighted by molar-refractivity contribution is 6.29. The molecule has 0 saturated heterocycles. The van der Waals surface area contributed by atoms with E-state index in [0.717, 1.165) is 25.7 Å². The van der Waals surface area contributed by atoms with Gasteiger partial charge in [-0.2, -0.15) is 0 Å². The molecule has 0 bridgehead atoms. The normalized spacial score (nSPS) is 22.1. The first kappa shape index (κ1) is 15.9. The number of amides is 1. The average molecular weight is 312 g/mol. The van der Waals surface area contributed by atoms with Gasteiger partial charge in [0.05, 0.1) is 5.69 Å². The molecule has 0 aromatic carbocycles. The van der Waals surface area contributed by atoms with Crippen LogP contribution in [0.15, 0.2) is 0 Å². The Hall–Kier alpha value is -1.43. The molecule has 0 radical (unpaired) electrons. The Morgan fingerprint density at radius 3 is 2.76 bits per heavy atom. The second kappa shape index (κ2) is 7.02. The number of hydrogen-bond donors (Lipinski definition) is 2. The van der Waals surface area contributed by atoms with Crippen LogP contribution in [0.4, 0.5) is 5.95 Å². The van der Waals surface area contributed by atoms with Crippen LogP contribution in [-0.4, -0.2) is 33.2 Å². The lowest BCUT2D eigenvalue weighted by Gasteiger charge is -2.29. The van der Waals surface area contributed by atoms with Gasteiger partial charge in [0, 0.05) is 18.0 Å². The van der Waals surface area contributed by atoms with Crippen molar-refractivity contribution in [2.45, 2.75) is 58.5 Å². The number of nitrogens with zero attached hydrogens (tertiary/aromatic N) is 3. The Morgan fingerprint density at radius 2 is 2.10 bits per heavy atom. The van der Waals surface area contributed by atoms with Gasteiger partial charge in [-0.1, -0.05) is 18.0 Å². The fourth-order valence-corrected chi connectivity index (χ4v) is 2.68. The number of hydrogen-bond acceptors (Lipinski definition) is 5. The lowest BCUT2D eigenvalue weighted by molar-refractivity contribution is -0.126. The molecule has 0 unspecified atom stereocenters. The fraction of sp³-hybridized carbons (Fsp3) is 0.714. The molecule has 7 heteroatoms. The number of carbonyl (C=O) groups is 1. The van der Waals surface area contributed by atoms with E-state index in [1.165, 1.54) is 0 Å². The minimum atomic E-state index is 0.0556. The summed E-state index contributed by atoms with van der Waals surface area (Å²) in [5, 5.41) is 14.4. The van der Waals surface area contributed by atoms with E-state index in [4.69, 9.17) is 11.6 Å². The van der Waals surface area contributed by atoms with E-state index in [1.807, 2.05) is 13.8 Å². The van der Waals surface area contributed by atoms with Crippen LogP contribution in [0.3, 0.4) is 0 Å². The summed E-state index contributed by atoms with van der Waals surface area (Å²) >= 11 is 5.82. The van der Waals surface area contributed by atoms with Gasteiger partial charge in [0.15, 0.2) is 5.15 Å². The minimum absolute atomic E-state index is 0.0556. The van der Waals surface area contributed by atoms with E-state index >= 15 is 0 Å². The van der Waals surface area contributed by atoms with Crippen LogP contribution in [0.25, 0.3) is 0 Å². The molecule has 0 spiro atoms. The highest BCUT2D eigenvalue weighted by Gasteiger charge is 2.28. The summed E-state index contributed by atoms with van der Waals surface area (Å²) in [6.07, 6.45) is 3.77. The van der Waals surface area contributed by atoms with Gasteiger partial charge in [0.2, 0.25) is 11.9 Å². The molecule has 116 valence electrons. The van der Waals surface area contributed by atoms with Crippen molar-refractivity contribution in [2.75, 3.05) is 5.32 Å². The molecule has 1 amide bonds. The van der Waals surface area contributed by atoms with Crippen LogP contribution >= 0.6 is 11.6 Å². The Labute approximate surface area is 130 Å². The van der Waals surface area contributed by atoms with E-state index in [2.05, 4.69) is 25.8 Å². The predicted octanol–water partition coefficient (Wildman–Crippen LogP) is 2.33. The van der Waals surface area contributed by atoms with Gasteiger partial charge in [-0.05, 0) is 40.0 Å². The molecular formula is C14H22ClN5O. The molecule has 2 rings (SSSR count). The molecule has 1 aliphatic carbocycles. The van der Waals surface area contributed by atoms with Crippen molar-refractivity contribution in [3.8, 4) is 0 Å². The van der Waals surface area contributed by atoms with Crippen molar-refractivity contribution in [3.05, 3.63) is 10.8 Å². The third kappa shape index (κ3) is 4.52. The van der Waals surface area contributed by atoms with E-state index < -0.39 is 0 Å². The molecule has 1 fully saturated rings. The van der Waals surface area contributed by atoms with Gasteiger partial charge in [-0.3, -0.25) is 4.79 Å². The monoisotopic (exact) mass is 311 g/mol. The van der Waals surface area contributed by atoms with Crippen molar-refractivity contribution in [2.24, 2.45) is 5.92 Å². The van der Waals surface area contributed by atoms with E-state index in [1.54, 1.807) is 6.92 Å². The molecular weight excluding hydrogens is 290 g/mol. The van der Waals surface area contributed by atoms with E-state index in [0.29, 0.717) is 16.8 Å². The third-order valence-corrected chi connectivity index (χ3v) is 3.96. The first-order valence-electron chi connectivity index (χ1n) is 7.39. The molecule has 1 heterocycles. The second-order valence-electron chi connectivity index (χ2n) is 5.88. The smallest absolute Gasteiger partial charge is 0.243 e. The summed E-state index contributed by atoms with van der Waals surface area (Å²) in [4.78, 5) is 16.4. The molecule has 1 aromatic rings. The van der Waals surface area contributed by atoms with E-state index in [-0.39, 0.29) is 23.9 Å². The van der Waals surface area contributed by atoms with Crippen molar-refractivity contribution in [1.82, 2.24) is 20.5 Å². The quantitative estimate of drug-likeness (QED) is 0.892. The van der Waals surface area contributed by atoms with Crippen molar-refractivity contribution < 1.29 is 4.79 Å². The summed E-state index contributed by atoms with van der Waals surface area (Å²) in [6, 6.07) is 0.376. The molecule has 2 N–H and O–H groups in total. The van der Waals surface area contributed by atoms with Gasteiger partial charge >= 0.3 is 0 Å². The van der Waals surface area contributed by atoms with Crippen LogP contribution in [-0.2, 0) is 4.79 Å². The largest absolute Gasteiger partial charge is 0.354 e. The SMILES string of the molecule is Cc1nc(N[C@@H]2CCC[C@@H](C(=O)NC(C)C)C2)nnc1Cl. The van der Waals surface area contributed by atoms with Crippen LogP contribution < -0.4 is 10.6 Å². The number of aromatic nitrogens is 3. The summed E-state index contributed by atoms with van der Waals surface area (Å²) < 4.78 is 0. The van der Waals surface area contributed by atoms with Crippen LogP contribution in [0.5, 0.6) is 0 Å². The lowest BCUT2D eigenvalue weighted by atomic mass is 9.85. The fourth-order valence-electron chi connectivity index (χ4n) is 2.60. The van der Waals surface area contributed by atoms with Gasteiger partial charge in [-0.25, -0.2) is 4.98 Å². The summed E-state index contributed by atoms with van der Waals surface area (Å²) in [5.41, 5.74) is 0.652. The zero-order valence-corrected chi connectivity index (χ0v) is 13.4. The van der Waals surface area contributed by atoms with Crippen LogP contribution in [0.1, 0.15) is 45.2 Å². The lowest BCUT2D eigenvalue weighted by Crippen LogP contribution is -2.40. The number of anilines is 1. The minimum Gasteiger partial charge on any atom is -0.354 e.